The summed E-state index contributed by atoms with van der Waals surface area (Å²) < 4.78 is 13.6. The van der Waals surface area contributed by atoms with Crippen molar-refractivity contribution in [1.29, 1.82) is 0 Å². The van der Waals surface area contributed by atoms with E-state index in [0.29, 0.717) is 9.13 Å². The van der Waals surface area contributed by atoms with Crippen LogP contribution < -0.4 is 5.32 Å². The van der Waals surface area contributed by atoms with Crippen LogP contribution in [0.5, 0.6) is 0 Å². The lowest BCUT2D eigenvalue weighted by Crippen LogP contribution is -2.41. The molecule has 0 spiro atoms. The fourth-order valence-electron chi connectivity index (χ4n) is 1.61. The molecule has 0 bridgehead atoms. The molecular formula is C13H12FIN2OS. The van der Waals surface area contributed by atoms with Crippen LogP contribution in [0.4, 0.5) is 4.39 Å². The maximum absolute atomic E-state index is 13.0. The smallest absolute Gasteiger partial charge is 0.253 e. The first-order valence-electron chi connectivity index (χ1n) is 5.58. The number of carbonyl (C=O) groups excluding carboxylic acids is 1. The van der Waals surface area contributed by atoms with Gasteiger partial charge in [0.05, 0.1) is 11.1 Å². The van der Waals surface area contributed by atoms with Gasteiger partial charge in [-0.3, -0.25) is 4.79 Å². The molecule has 2 rings (SSSR count). The molecule has 0 fully saturated rings. The van der Waals surface area contributed by atoms with Gasteiger partial charge in [0.15, 0.2) is 0 Å². The van der Waals surface area contributed by atoms with Gasteiger partial charge >= 0.3 is 0 Å². The lowest BCUT2D eigenvalue weighted by molar-refractivity contribution is 0.0911. The lowest BCUT2D eigenvalue weighted by Gasteiger charge is -2.24. The summed E-state index contributed by atoms with van der Waals surface area (Å²) in [7, 11) is 0. The summed E-state index contributed by atoms with van der Waals surface area (Å²) in [6, 6.07) is 4.11. The highest BCUT2D eigenvalue weighted by Gasteiger charge is 2.26. The standard InChI is InChI=1S/C13H12FIN2OS/c1-13(2,12-16-5-6-19-12)17-11(18)9-4-3-8(14)7-10(9)15/h3-7H,1-2H3,(H,17,18). The molecule has 19 heavy (non-hydrogen) atoms. The molecule has 0 aliphatic heterocycles. The second-order valence-corrected chi connectivity index (χ2v) is 6.60. The molecular weight excluding hydrogens is 378 g/mol. The van der Waals surface area contributed by atoms with Gasteiger partial charge in [-0.15, -0.1) is 11.3 Å². The van der Waals surface area contributed by atoms with Gasteiger partial charge in [0, 0.05) is 15.1 Å². The first-order chi connectivity index (χ1) is 8.90. The Morgan fingerprint density at radius 1 is 1.47 bits per heavy atom. The van der Waals surface area contributed by atoms with E-state index in [2.05, 4.69) is 10.3 Å². The molecule has 2 aromatic rings. The maximum Gasteiger partial charge on any atom is 0.253 e. The Balaban J connectivity index is 2.21. The Morgan fingerprint density at radius 3 is 2.79 bits per heavy atom. The van der Waals surface area contributed by atoms with Crippen molar-refractivity contribution in [1.82, 2.24) is 10.3 Å². The first-order valence-corrected chi connectivity index (χ1v) is 7.53. The number of carbonyl (C=O) groups is 1. The van der Waals surface area contributed by atoms with E-state index in [-0.39, 0.29) is 11.7 Å². The van der Waals surface area contributed by atoms with Gasteiger partial charge in [0.25, 0.3) is 5.91 Å². The van der Waals surface area contributed by atoms with Gasteiger partial charge in [-0.25, -0.2) is 9.37 Å². The lowest BCUT2D eigenvalue weighted by atomic mass is 10.1. The summed E-state index contributed by atoms with van der Waals surface area (Å²) in [5.41, 5.74) is -0.0884. The molecule has 0 saturated carbocycles. The maximum atomic E-state index is 13.0. The molecule has 1 amide bonds. The van der Waals surface area contributed by atoms with Crippen LogP contribution in [0.3, 0.4) is 0 Å². The van der Waals surface area contributed by atoms with Crippen LogP contribution >= 0.6 is 33.9 Å². The van der Waals surface area contributed by atoms with Gasteiger partial charge in [-0.2, -0.15) is 0 Å². The van der Waals surface area contributed by atoms with Crippen molar-refractivity contribution in [2.45, 2.75) is 19.4 Å². The second kappa shape index (κ2) is 5.54. The SMILES string of the molecule is CC(C)(NC(=O)c1ccc(F)cc1I)c1nccs1. The Kier molecular flexibility index (Phi) is 4.19. The van der Waals surface area contributed by atoms with E-state index < -0.39 is 5.54 Å². The number of rotatable bonds is 3. The number of hydrogen-bond acceptors (Lipinski definition) is 3. The van der Waals surface area contributed by atoms with E-state index in [9.17, 15) is 9.18 Å². The van der Waals surface area contributed by atoms with Crippen molar-refractivity contribution in [3.05, 3.63) is 49.7 Å². The average Bonchev–Trinajstić information content (AvgIpc) is 2.81. The molecule has 0 atom stereocenters. The largest absolute Gasteiger partial charge is 0.341 e. The zero-order valence-electron chi connectivity index (χ0n) is 10.4. The minimum absolute atomic E-state index is 0.232. The third kappa shape index (κ3) is 3.30. The van der Waals surface area contributed by atoms with Gasteiger partial charge in [-0.1, -0.05) is 0 Å². The minimum Gasteiger partial charge on any atom is -0.341 e. The highest BCUT2D eigenvalue weighted by atomic mass is 127. The number of amides is 1. The first kappa shape index (κ1) is 14.4. The predicted molar refractivity (Wildman–Crippen MR) is 81.7 cm³/mol. The molecule has 0 saturated heterocycles. The summed E-state index contributed by atoms with van der Waals surface area (Å²) >= 11 is 3.44. The monoisotopic (exact) mass is 390 g/mol. The van der Waals surface area contributed by atoms with Crippen molar-refractivity contribution in [3.8, 4) is 0 Å². The fourth-order valence-corrected chi connectivity index (χ4v) is 3.05. The van der Waals surface area contributed by atoms with Gasteiger partial charge in [0.1, 0.15) is 10.8 Å². The molecule has 1 aromatic heterocycles. The van der Waals surface area contributed by atoms with Crippen molar-refractivity contribution >= 4 is 39.8 Å². The number of nitrogens with one attached hydrogen (secondary N) is 1. The van der Waals surface area contributed by atoms with E-state index >= 15 is 0 Å². The van der Waals surface area contributed by atoms with E-state index in [1.54, 1.807) is 6.20 Å². The Bertz CT molecular complexity index is 599. The highest BCUT2D eigenvalue weighted by Crippen LogP contribution is 2.23. The summed E-state index contributed by atoms with van der Waals surface area (Å²) in [5.74, 6) is -0.579. The summed E-state index contributed by atoms with van der Waals surface area (Å²) in [5, 5.41) is 5.61. The zero-order valence-corrected chi connectivity index (χ0v) is 13.4. The Labute approximate surface area is 128 Å². The van der Waals surface area contributed by atoms with Crippen molar-refractivity contribution in [3.63, 3.8) is 0 Å². The van der Waals surface area contributed by atoms with Crippen LogP contribution in [0.15, 0.2) is 29.8 Å². The molecule has 0 radical (unpaired) electrons. The molecule has 1 heterocycles. The Hall–Kier alpha value is -1.02. The van der Waals surface area contributed by atoms with Crippen LogP contribution in [0.1, 0.15) is 29.2 Å². The topological polar surface area (TPSA) is 42.0 Å². The number of nitrogens with zero attached hydrogens (tertiary/aromatic N) is 1. The van der Waals surface area contributed by atoms with Gasteiger partial charge < -0.3 is 5.32 Å². The van der Waals surface area contributed by atoms with Crippen molar-refractivity contribution in [2.75, 3.05) is 0 Å². The molecule has 1 N–H and O–H groups in total. The third-order valence-electron chi connectivity index (χ3n) is 2.57. The van der Waals surface area contributed by atoms with Crippen LogP contribution in [0.2, 0.25) is 0 Å². The van der Waals surface area contributed by atoms with E-state index in [1.807, 2.05) is 41.8 Å². The van der Waals surface area contributed by atoms with Crippen LogP contribution in [-0.4, -0.2) is 10.9 Å². The van der Waals surface area contributed by atoms with E-state index in [1.165, 1.54) is 29.5 Å². The average molecular weight is 390 g/mol. The normalized spacial score (nSPS) is 11.4. The minimum atomic E-state index is -0.553. The predicted octanol–water partition coefficient (Wildman–Crippen LogP) is 3.55. The summed E-state index contributed by atoms with van der Waals surface area (Å²) in [6.45, 7) is 3.78. The molecule has 6 heteroatoms. The number of hydrogen-bond donors (Lipinski definition) is 1. The quantitative estimate of drug-likeness (QED) is 0.815. The summed E-state index contributed by atoms with van der Waals surface area (Å²) in [6.07, 6.45) is 1.70. The molecule has 3 nitrogen and oxygen atoms in total. The molecule has 100 valence electrons. The van der Waals surface area contributed by atoms with Gasteiger partial charge in [-0.05, 0) is 54.6 Å². The van der Waals surface area contributed by atoms with Crippen molar-refractivity contribution < 1.29 is 9.18 Å². The second-order valence-electron chi connectivity index (χ2n) is 4.54. The van der Waals surface area contributed by atoms with Crippen LogP contribution in [0, 0.1) is 9.39 Å². The molecule has 0 unspecified atom stereocenters. The summed E-state index contributed by atoms with van der Waals surface area (Å²) in [4.78, 5) is 16.4. The van der Waals surface area contributed by atoms with Gasteiger partial charge in [0.2, 0.25) is 0 Å². The van der Waals surface area contributed by atoms with Crippen LogP contribution in [-0.2, 0) is 5.54 Å². The molecule has 1 aromatic carbocycles. The number of aromatic nitrogens is 1. The van der Waals surface area contributed by atoms with E-state index in [4.69, 9.17) is 0 Å². The zero-order chi connectivity index (χ0) is 14.0. The molecule has 0 aliphatic rings. The number of thiazole rings is 1. The molecule has 0 aliphatic carbocycles. The Morgan fingerprint density at radius 2 is 2.21 bits per heavy atom. The van der Waals surface area contributed by atoms with E-state index in [0.717, 1.165) is 5.01 Å². The fraction of sp³-hybridized carbons (Fsp3) is 0.231. The van der Waals surface area contributed by atoms with Crippen LogP contribution in [0.25, 0.3) is 0 Å². The van der Waals surface area contributed by atoms with Crippen molar-refractivity contribution in [2.24, 2.45) is 0 Å². The highest BCUT2D eigenvalue weighted by molar-refractivity contribution is 14.1. The third-order valence-corrected chi connectivity index (χ3v) is 4.56. The number of benzene rings is 1. The number of halogens is 2.